The van der Waals surface area contributed by atoms with Gasteiger partial charge in [-0.2, -0.15) is 0 Å². The third-order valence-electron chi connectivity index (χ3n) is 18.8. The highest BCUT2D eigenvalue weighted by Crippen LogP contribution is 2.79. The van der Waals surface area contributed by atoms with Gasteiger partial charge in [0.15, 0.2) is 12.6 Å². The lowest BCUT2D eigenvalue weighted by molar-refractivity contribution is -0.362. The molecule has 4 aliphatic carbocycles. The van der Waals surface area contributed by atoms with Gasteiger partial charge in [0, 0.05) is 22.7 Å². The number of fused-ring (bicyclic) bond motifs is 5. The first-order valence-corrected chi connectivity index (χ1v) is 22.1. The van der Waals surface area contributed by atoms with Crippen LogP contribution in [0.3, 0.4) is 0 Å². The Morgan fingerprint density at radius 2 is 1.54 bits per heavy atom. The Bertz CT molecular complexity index is 1490. The zero-order valence-corrected chi connectivity index (χ0v) is 36.3. The Hall–Kier alpha value is -0.740. The molecule has 7 aliphatic rings. The second kappa shape index (κ2) is 15.0. The average molecular weight is 809 g/mol. The lowest BCUT2D eigenvalue weighted by atomic mass is 9.29. The van der Waals surface area contributed by atoms with Gasteiger partial charge >= 0.3 is 0 Å². The molecule has 12 heteroatoms. The average Bonchev–Trinajstić information content (AvgIpc) is 3.16. The van der Waals surface area contributed by atoms with Crippen LogP contribution in [0.15, 0.2) is 12.2 Å². The monoisotopic (exact) mass is 809 g/mol. The van der Waals surface area contributed by atoms with E-state index in [1.54, 1.807) is 6.92 Å². The van der Waals surface area contributed by atoms with Gasteiger partial charge in [-0.05, 0) is 91.8 Å². The normalized spacial score (nSPS) is 56.4. The van der Waals surface area contributed by atoms with Crippen molar-refractivity contribution in [2.75, 3.05) is 19.8 Å². The number of aliphatic hydroxyl groups is 7. The number of rotatable bonds is 9. The summed E-state index contributed by atoms with van der Waals surface area (Å²) in [6, 6.07) is 0. The van der Waals surface area contributed by atoms with Crippen LogP contribution in [-0.4, -0.2) is 129 Å². The predicted octanol–water partition coefficient (Wildman–Crippen LogP) is 4.08. The summed E-state index contributed by atoms with van der Waals surface area (Å²) >= 11 is 0. The minimum Gasteiger partial charge on any atom is -0.396 e. The molecule has 3 saturated carbocycles. The number of hydrogen-bond donors (Lipinski definition) is 7. The van der Waals surface area contributed by atoms with Crippen molar-refractivity contribution in [1.82, 2.24) is 0 Å². The van der Waals surface area contributed by atoms with Gasteiger partial charge < -0.3 is 59.4 Å². The summed E-state index contributed by atoms with van der Waals surface area (Å²) < 4.78 is 31.2. The van der Waals surface area contributed by atoms with E-state index in [2.05, 4.69) is 74.5 Å². The molecule has 2 bridgehead atoms. The molecule has 0 aromatic heterocycles. The zero-order chi connectivity index (χ0) is 41.9. The highest BCUT2D eigenvalue weighted by Gasteiger charge is 2.76. The lowest BCUT2D eigenvalue weighted by Gasteiger charge is -2.77. The van der Waals surface area contributed by atoms with Crippen molar-refractivity contribution in [2.24, 2.45) is 55.7 Å². The molecule has 3 aliphatic heterocycles. The summed E-state index contributed by atoms with van der Waals surface area (Å²) in [6.45, 7) is 22.6. The lowest BCUT2D eigenvalue weighted by Crippen LogP contribution is -2.75. The van der Waals surface area contributed by atoms with Gasteiger partial charge in [-0.3, -0.25) is 0 Å². The topological polar surface area (TPSA) is 188 Å². The van der Waals surface area contributed by atoms with Gasteiger partial charge in [0.2, 0.25) is 0 Å². The van der Waals surface area contributed by atoms with E-state index in [0.717, 1.165) is 32.1 Å². The second-order valence-electron chi connectivity index (χ2n) is 21.8. The van der Waals surface area contributed by atoms with Gasteiger partial charge in [-0.25, -0.2) is 0 Å². The minimum absolute atomic E-state index is 0.0167. The summed E-state index contributed by atoms with van der Waals surface area (Å²) in [6.07, 6.45) is -0.969. The molecular weight excluding hydrogens is 732 g/mol. The van der Waals surface area contributed by atoms with Crippen molar-refractivity contribution in [1.29, 1.82) is 0 Å². The molecule has 3 saturated heterocycles. The zero-order valence-electron chi connectivity index (χ0n) is 36.3. The van der Waals surface area contributed by atoms with Crippen LogP contribution in [-0.2, 0) is 23.7 Å². The van der Waals surface area contributed by atoms with Crippen molar-refractivity contribution in [3.63, 3.8) is 0 Å². The molecule has 0 aromatic rings. The van der Waals surface area contributed by atoms with E-state index in [9.17, 15) is 35.7 Å². The molecular formula is C45H76O12. The fraction of sp³-hybridized carbons (Fsp3) is 0.956. The first kappa shape index (κ1) is 44.3. The summed E-state index contributed by atoms with van der Waals surface area (Å²) in [5.74, 6) is 0.476. The molecule has 328 valence electrons. The molecule has 7 N–H and O–H groups in total. The van der Waals surface area contributed by atoms with E-state index in [4.69, 9.17) is 23.7 Å². The Kier molecular flexibility index (Phi) is 11.6. The Morgan fingerprint density at radius 1 is 0.860 bits per heavy atom. The number of aliphatic hydroxyl groups excluding tert-OH is 7. The van der Waals surface area contributed by atoms with Crippen molar-refractivity contribution in [2.45, 2.75) is 194 Å². The van der Waals surface area contributed by atoms with Crippen LogP contribution in [0.25, 0.3) is 0 Å². The Morgan fingerprint density at radius 3 is 2.19 bits per heavy atom. The van der Waals surface area contributed by atoms with Gasteiger partial charge in [-0.1, -0.05) is 74.0 Å². The Balaban J connectivity index is 1.17. The van der Waals surface area contributed by atoms with Crippen LogP contribution >= 0.6 is 0 Å². The first-order valence-electron chi connectivity index (χ1n) is 22.1. The number of allylic oxidation sites excluding steroid dienone is 1. The van der Waals surface area contributed by atoms with Gasteiger partial charge in [0.25, 0.3) is 0 Å². The minimum atomic E-state index is -1.49. The molecule has 21 atom stereocenters. The van der Waals surface area contributed by atoms with E-state index in [1.807, 2.05) is 0 Å². The summed E-state index contributed by atoms with van der Waals surface area (Å²) in [4.78, 5) is 0. The maximum Gasteiger partial charge on any atom is 0.186 e. The molecule has 1 unspecified atom stereocenters. The van der Waals surface area contributed by atoms with E-state index in [-0.39, 0.29) is 69.4 Å². The number of hydrogen-bond acceptors (Lipinski definition) is 12. The largest absolute Gasteiger partial charge is 0.396 e. The van der Waals surface area contributed by atoms with Crippen molar-refractivity contribution < 1.29 is 59.4 Å². The maximum absolute atomic E-state index is 12.4. The van der Waals surface area contributed by atoms with Crippen LogP contribution in [0.5, 0.6) is 0 Å². The Labute approximate surface area is 340 Å². The van der Waals surface area contributed by atoms with Crippen molar-refractivity contribution >= 4 is 0 Å². The van der Waals surface area contributed by atoms with Gasteiger partial charge in [0.1, 0.15) is 24.4 Å². The molecule has 12 nitrogen and oxygen atoms in total. The molecule has 3 heterocycles. The van der Waals surface area contributed by atoms with Crippen LogP contribution in [0.2, 0.25) is 0 Å². The molecule has 57 heavy (non-hydrogen) atoms. The smallest absolute Gasteiger partial charge is 0.186 e. The van der Waals surface area contributed by atoms with Crippen molar-refractivity contribution in [3.05, 3.63) is 12.2 Å². The molecule has 0 radical (unpaired) electrons. The van der Waals surface area contributed by atoms with Crippen LogP contribution in [0.4, 0.5) is 0 Å². The fourth-order valence-corrected chi connectivity index (χ4v) is 14.2. The van der Waals surface area contributed by atoms with E-state index in [1.165, 1.54) is 0 Å². The SMILES string of the molecule is CCC(C)(C)C[C@@H]1[C@]2(C)C(O)C[C@]3(C)[C@@]1(C=C[C@@H]1[C@@]4(C)CC[C@H](O[C@@H]5O[C@H](C)[C@H](O)[C@H](O[C@@H]6O[C@H](CO)C[C@H](O)[C@H]6O)[C@H]5O)[C@@](C)(CO)[C@@H]4CC[C@]13C)CO[C@H]2C. The fourth-order valence-electron chi connectivity index (χ4n) is 14.2. The van der Waals surface area contributed by atoms with Crippen molar-refractivity contribution in [3.8, 4) is 0 Å². The molecule has 0 aromatic carbocycles. The highest BCUT2D eigenvalue weighted by atomic mass is 16.7. The molecule has 7 rings (SSSR count). The first-order chi connectivity index (χ1) is 26.5. The third kappa shape index (κ3) is 6.34. The quantitative estimate of drug-likeness (QED) is 0.131. The maximum atomic E-state index is 12.4. The summed E-state index contributed by atoms with van der Waals surface area (Å²) in [5.41, 5.74) is -1.83. The number of ether oxygens (including phenoxy) is 5. The molecule has 6 fully saturated rings. The standard InChI is InChI=1S/C45H76O12/c1-11-39(4,5)19-30-44(10)25(3)53-23-45(30)17-13-29-40(6)15-14-32(41(7,22-47)28(40)12-16-42(29,8)43(45,9)20-31(44)49)56-38-35(52)36(33(50)24(2)54-38)57-37-34(51)27(48)18-26(21-46)55-37/h13,17,24-38,46-52H,11-12,14-16,18-23H2,1-10H3/t24-,25+,26+,27+,28-,29-,30-,31?,32+,33+,34-,35-,36+,37+,38+,40+,41+,42-,43+,44-,45+/m1/s1. The van der Waals surface area contributed by atoms with Crippen LogP contribution < -0.4 is 0 Å². The summed E-state index contributed by atoms with van der Waals surface area (Å²) in [7, 11) is 0. The van der Waals surface area contributed by atoms with Gasteiger partial charge in [-0.15, -0.1) is 0 Å². The van der Waals surface area contributed by atoms with Gasteiger partial charge in [0.05, 0.1) is 56.4 Å². The molecule has 1 spiro atoms. The van der Waals surface area contributed by atoms with Crippen LogP contribution in [0, 0.1) is 55.7 Å². The second-order valence-corrected chi connectivity index (χ2v) is 21.8. The highest BCUT2D eigenvalue weighted by molar-refractivity contribution is 5.33. The third-order valence-corrected chi connectivity index (χ3v) is 18.8. The molecule has 0 amide bonds. The predicted molar refractivity (Wildman–Crippen MR) is 211 cm³/mol. The van der Waals surface area contributed by atoms with Crippen LogP contribution in [0.1, 0.15) is 121 Å². The van der Waals surface area contributed by atoms with E-state index in [0.29, 0.717) is 19.4 Å². The van der Waals surface area contributed by atoms with E-state index >= 15 is 0 Å². The van der Waals surface area contributed by atoms with E-state index < -0.39 is 79.5 Å². The summed E-state index contributed by atoms with van der Waals surface area (Å²) in [5, 5.41) is 77.2.